The van der Waals surface area contributed by atoms with Gasteiger partial charge in [-0.25, -0.2) is 0 Å². The van der Waals surface area contributed by atoms with Crippen molar-refractivity contribution >= 4 is 17.2 Å². The van der Waals surface area contributed by atoms with Crippen LogP contribution >= 0.6 is 12.2 Å². The maximum Gasteiger partial charge on any atom is 0.123 e. The standard InChI is InChI=1S/C13H19N3S/c1-10-4-7-16(8-5-10)9-11-3-2-6-15-12(11)13(14)17/h2-3,6,10H,4-5,7-9H2,1H3,(H2,14,17). The van der Waals surface area contributed by atoms with Crippen molar-refractivity contribution in [2.24, 2.45) is 11.7 Å². The number of nitrogens with zero attached hydrogens (tertiary/aromatic N) is 2. The fourth-order valence-corrected chi connectivity index (χ4v) is 2.43. The van der Waals surface area contributed by atoms with Crippen molar-refractivity contribution in [2.75, 3.05) is 13.1 Å². The molecule has 1 aromatic rings. The molecule has 17 heavy (non-hydrogen) atoms. The van der Waals surface area contributed by atoms with E-state index in [0.717, 1.165) is 36.8 Å². The molecule has 0 unspecified atom stereocenters. The van der Waals surface area contributed by atoms with Crippen LogP contribution in [0.1, 0.15) is 31.0 Å². The number of rotatable bonds is 3. The summed E-state index contributed by atoms with van der Waals surface area (Å²) in [5.74, 6) is 0.857. The zero-order chi connectivity index (χ0) is 12.3. The van der Waals surface area contributed by atoms with E-state index in [9.17, 15) is 0 Å². The Kier molecular flexibility index (Phi) is 4.07. The molecule has 4 heteroatoms. The minimum atomic E-state index is 0.394. The lowest BCUT2D eigenvalue weighted by Gasteiger charge is -2.30. The van der Waals surface area contributed by atoms with Gasteiger partial charge >= 0.3 is 0 Å². The summed E-state index contributed by atoms with van der Waals surface area (Å²) in [4.78, 5) is 7.12. The Balaban J connectivity index is 2.05. The number of thiocarbonyl (C=S) groups is 1. The molecule has 0 bridgehead atoms. The van der Waals surface area contributed by atoms with Gasteiger partial charge in [0.15, 0.2) is 0 Å². The summed E-state index contributed by atoms with van der Waals surface area (Å²) in [6.07, 6.45) is 4.31. The highest BCUT2D eigenvalue weighted by Crippen LogP contribution is 2.18. The third-order valence-corrected chi connectivity index (χ3v) is 3.59. The van der Waals surface area contributed by atoms with E-state index in [-0.39, 0.29) is 0 Å². The highest BCUT2D eigenvalue weighted by molar-refractivity contribution is 7.80. The quantitative estimate of drug-likeness (QED) is 0.831. The average molecular weight is 249 g/mol. The van der Waals surface area contributed by atoms with E-state index in [4.69, 9.17) is 18.0 Å². The fraction of sp³-hybridized carbons (Fsp3) is 0.538. The van der Waals surface area contributed by atoms with E-state index in [1.165, 1.54) is 12.8 Å². The van der Waals surface area contributed by atoms with Gasteiger partial charge in [-0.3, -0.25) is 9.88 Å². The average Bonchev–Trinajstić information content (AvgIpc) is 2.32. The molecule has 0 aromatic carbocycles. The smallest absolute Gasteiger partial charge is 0.123 e. The second-order valence-corrected chi connectivity index (χ2v) is 5.27. The van der Waals surface area contributed by atoms with Crippen molar-refractivity contribution in [2.45, 2.75) is 26.3 Å². The van der Waals surface area contributed by atoms with Crippen LogP contribution in [0.25, 0.3) is 0 Å². The summed E-state index contributed by atoms with van der Waals surface area (Å²) in [5.41, 5.74) is 7.62. The van der Waals surface area contributed by atoms with E-state index >= 15 is 0 Å². The minimum absolute atomic E-state index is 0.394. The van der Waals surface area contributed by atoms with Crippen LogP contribution in [0.2, 0.25) is 0 Å². The second-order valence-electron chi connectivity index (χ2n) is 4.83. The van der Waals surface area contributed by atoms with Crippen molar-refractivity contribution in [3.63, 3.8) is 0 Å². The zero-order valence-corrected chi connectivity index (χ0v) is 11.0. The molecule has 0 amide bonds. The lowest BCUT2D eigenvalue weighted by atomic mass is 9.99. The molecule has 3 nitrogen and oxygen atoms in total. The van der Waals surface area contributed by atoms with Crippen LogP contribution in [-0.4, -0.2) is 28.0 Å². The van der Waals surface area contributed by atoms with Gasteiger partial charge in [0, 0.05) is 12.7 Å². The second kappa shape index (κ2) is 5.56. The molecular formula is C13H19N3S. The molecule has 0 spiro atoms. The maximum absolute atomic E-state index is 5.69. The van der Waals surface area contributed by atoms with Crippen molar-refractivity contribution in [1.29, 1.82) is 0 Å². The van der Waals surface area contributed by atoms with Crippen LogP contribution in [-0.2, 0) is 6.54 Å². The highest BCUT2D eigenvalue weighted by atomic mass is 32.1. The molecule has 0 radical (unpaired) electrons. The molecule has 1 aromatic heterocycles. The van der Waals surface area contributed by atoms with Gasteiger partial charge in [-0.05, 0) is 43.5 Å². The molecular weight excluding hydrogens is 230 g/mol. The van der Waals surface area contributed by atoms with Gasteiger partial charge in [0.1, 0.15) is 10.7 Å². The molecule has 0 atom stereocenters. The van der Waals surface area contributed by atoms with Crippen LogP contribution in [0, 0.1) is 5.92 Å². The van der Waals surface area contributed by atoms with Crippen molar-refractivity contribution in [1.82, 2.24) is 9.88 Å². The first-order valence-electron chi connectivity index (χ1n) is 6.13. The normalized spacial score (nSPS) is 18.2. The first-order valence-corrected chi connectivity index (χ1v) is 6.53. The van der Waals surface area contributed by atoms with Crippen LogP contribution in [0.15, 0.2) is 18.3 Å². The van der Waals surface area contributed by atoms with Crippen LogP contribution in [0.4, 0.5) is 0 Å². The van der Waals surface area contributed by atoms with Gasteiger partial charge < -0.3 is 5.73 Å². The Bertz CT molecular complexity index is 397. The molecule has 2 N–H and O–H groups in total. The van der Waals surface area contributed by atoms with E-state index in [2.05, 4.69) is 22.9 Å². The molecule has 92 valence electrons. The largest absolute Gasteiger partial charge is 0.388 e. The Labute approximate surface area is 108 Å². The Morgan fingerprint density at radius 1 is 1.53 bits per heavy atom. The van der Waals surface area contributed by atoms with Crippen LogP contribution in [0.3, 0.4) is 0 Å². The summed E-state index contributed by atoms with van der Waals surface area (Å²) >= 11 is 5.03. The van der Waals surface area contributed by atoms with Crippen molar-refractivity contribution < 1.29 is 0 Å². The predicted molar refractivity (Wildman–Crippen MR) is 73.8 cm³/mol. The monoisotopic (exact) mass is 249 g/mol. The number of pyridine rings is 1. The SMILES string of the molecule is CC1CCN(Cc2cccnc2C(N)=S)CC1. The first-order chi connectivity index (χ1) is 8.16. The molecule has 1 fully saturated rings. The lowest BCUT2D eigenvalue weighted by molar-refractivity contribution is 0.185. The molecule has 0 aliphatic carbocycles. The first kappa shape index (κ1) is 12.5. The number of hydrogen-bond donors (Lipinski definition) is 1. The Morgan fingerprint density at radius 3 is 2.88 bits per heavy atom. The summed E-state index contributed by atoms with van der Waals surface area (Å²) in [5, 5.41) is 0. The Morgan fingerprint density at radius 2 is 2.24 bits per heavy atom. The Hall–Kier alpha value is -1.00. The summed E-state index contributed by atoms with van der Waals surface area (Å²) in [7, 11) is 0. The third kappa shape index (κ3) is 3.23. The topological polar surface area (TPSA) is 42.2 Å². The van der Waals surface area contributed by atoms with E-state index < -0.39 is 0 Å². The summed E-state index contributed by atoms with van der Waals surface area (Å²) < 4.78 is 0. The minimum Gasteiger partial charge on any atom is -0.388 e. The maximum atomic E-state index is 5.69. The van der Waals surface area contributed by atoms with Crippen molar-refractivity contribution in [3.05, 3.63) is 29.6 Å². The predicted octanol–water partition coefficient (Wildman–Crippen LogP) is 1.95. The summed E-state index contributed by atoms with van der Waals surface area (Å²) in [6.45, 7) is 5.55. The molecule has 1 aliphatic heterocycles. The zero-order valence-electron chi connectivity index (χ0n) is 10.2. The molecule has 2 rings (SSSR count). The number of aromatic nitrogens is 1. The molecule has 2 heterocycles. The third-order valence-electron chi connectivity index (χ3n) is 3.39. The molecule has 1 saturated heterocycles. The number of hydrogen-bond acceptors (Lipinski definition) is 3. The van der Waals surface area contributed by atoms with Gasteiger partial charge in [-0.15, -0.1) is 0 Å². The molecule has 0 saturated carbocycles. The number of piperidine rings is 1. The van der Waals surface area contributed by atoms with Gasteiger partial charge in [0.05, 0.1) is 0 Å². The fourth-order valence-electron chi connectivity index (χ4n) is 2.25. The van der Waals surface area contributed by atoms with Gasteiger partial charge in [-0.1, -0.05) is 25.2 Å². The van der Waals surface area contributed by atoms with Gasteiger partial charge in [0.2, 0.25) is 0 Å². The lowest BCUT2D eigenvalue weighted by Crippen LogP contribution is -2.33. The highest BCUT2D eigenvalue weighted by Gasteiger charge is 2.17. The van der Waals surface area contributed by atoms with E-state index in [0.29, 0.717) is 4.99 Å². The summed E-state index contributed by atoms with van der Waals surface area (Å²) in [6, 6.07) is 4.02. The van der Waals surface area contributed by atoms with Crippen molar-refractivity contribution in [3.8, 4) is 0 Å². The number of nitrogens with two attached hydrogens (primary N) is 1. The van der Waals surface area contributed by atoms with Crippen LogP contribution in [0.5, 0.6) is 0 Å². The van der Waals surface area contributed by atoms with Crippen LogP contribution < -0.4 is 5.73 Å². The van der Waals surface area contributed by atoms with E-state index in [1.54, 1.807) is 6.20 Å². The molecule has 1 aliphatic rings. The number of likely N-dealkylation sites (tertiary alicyclic amines) is 1. The van der Waals surface area contributed by atoms with Gasteiger partial charge in [0.25, 0.3) is 0 Å². The van der Waals surface area contributed by atoms with E-state index in [1.807, 2.05) is 6.07 Å². The van der Waals surface area contributed by atoms with Gasteiger partial charge in [-0.2, -0.15) is 0 Å².